The van der Waals surface area contributed by atoms with Crippen molar-refractivity contribution in [2.75, 3.05) is 6.54 Å². The van der Waals surface area contributed by atoms with E-state index in [4.69, 9.17) is 10.00 Å². The van der Waals surface area contributed by atoms with Crippen LogP contribution in [0.1, 0.15) is 34.8 Å². The van der Waals surface area contributed by atoms with E-state index in [2.05, 4.69) is 5.32 Å². The number of ether oxygens (including phenoxy) is 1. The van der Waals surface area contributed by atoms with Crippen LogP contribution in [-0.2, 0) is 17.5 Å². The SMILES string of the molecule is N#Cc1ccc(C(O)C(O)CCNC(=O)OCc2ccccc2)cc1C(F)(F)F. The second kappa shape index (κ2) is 9.91. The highest BCUT2D eigenvalue weighted by Crippen LogP contribution is 2.34. The molecule has 154 valence electrons. The third-order valence-corrected chi connectivity index (χ3v) is 4.10. The molecule has 6 nitrogen and oxygen atoms in total. The van der Waals surface area contributed by atoms with E-state index in [1.54, 1.807) is 24.3 Å². The quantitative estimate of drug-likeness (QED) is 0.653. The number of carbonyl (C=O) groups excluding carboxylic acids is 1. The molecule has 0 aliphatic rings. The van der Waals surface area contributed by atoms with Crippen LogP contribution in [0.4, 0.5) is 18.0 Å². The number of alkyl carbamates (subject to hydrolysis) is 1. The largest absolute Gasteiger partial charge is 0.445 e. The Kier molecular flexibility index (Phi) is 7.59. The Morgan fingerprint density at radius 3 is 2.48 bits per heavy atom. The minimum absolute atomic E-state index is 0.0588. The summed E-state index contributed by atoms with van der Waals surface area (Å²) >= 11 is 0. The van der Waals surface area contributed by atoms with Crippen molar-refractivity contribution < 1.29 is 32.9 Å². The predicted molar refractivity (Wildman–Crippen MR) is 96.4 cm³/mol. The topological polar surface area (TPSA) is 103 Å². The molecular formula is C20H19F3N2O4. The number of amides is 1. The van der Waals surface area contributed by atoms with Gasteiger partial charge in [0.25, 0.3) is 0 Å². The summed E-state index contributed by atoms with van der Waals surface area (Å²) in [4.78, 5) is 11.6. The number of nitrogens with zero attached hydrogens (tertiary/aromatic N) is 1. The summed E-state index contributed by atoms with van der Waals surface area (Å²) < 4.78 is 44.0. The van der Waals surface area contributed by atoms with Crippen molar-refractivity contribution in [3.05, 3.63) is 70.8 Å². The van der Waals surface area contributed by atoms with Crippen LogP contribution in [0.5, 0.6) is 0 Å². The maximum atomic E-state index is 13.0. The molecule has 0 aromatic heterocycles. The number of benzene rings is 2. The molecule has 2 aromatic rings. The zero-order chi connectivity index (χ0) is 21.4. The van der Waals surface area contributed by atoms with Crippen molar-refractivity contribution in [3.8, 4) is 6.07 Å². The van der Waals surface area contributed by atoms with Gasteiger partial charge in [0.1, 0.15) is 12.7 Å². The Bertz CT molecular complexity index is 866. The van der Waals surface area contributed by atoms with Gasteiger partial charge < -0.3 is 20.3 Å². The number of carbonyl (C=O) groups is 1. The normalized spacial score (nSPS) is 13.2. The molecule has 0 aliphatic heterocycles. The maximum Gasteiger partial charge on any atom is 0.417 e. The van der Waals surface area contributed by atoms with E-state index < -0.39 is 35.6 Å². The van der Waals surface area contributed by atoms with Crippen LogP contribution in [0.2, 0.25) is 0 Å². The van der Waals surface area contributed by atoms with Crippen LogP contribution >= 0.6 is 0 Å². The van der Waals surface area contributed by atoms with E-state index >= 15 is 0 Å². The van der Waals surface area contributed by atoms with Gasteiger partial charge in [0.15, 0.2) is 0 Å². The molecule has 2 atom stereocenters. The van der Waals surface area contributed by atoms with Gasteiger partial charge >= 0.3 is 12.3 Å². The second-order valence-corrected chi connectivity index (χ2v) is 6.20. The predicted octanol–water partition coefficient (Wildman–Crippen LogP) is 3.29. The third-order valence-electron chi connectivity index (χ3n) is 4.10. The maximum absolute atomic E-state index is 13.0. The third kappa shape index (κ3) is 6.48. The molecule has 0 saturated heterocycles. The van der Waals surface area contributed by atoms with Crippen molar-refractivity contribution in [2.24, 2.45) is 0 Å². The van der Waals surface area contributed by atoms with Gasteiger partial charge in [-0.2, -0.15) is 18.4 Å². The van der Waals surface area contributed by atoms with Crippen molar-refractivity contribution in [1.29, 1.82) is 5.26 Å². The summed E-state index contributed by atoms with van der Waals surface area (Å²) in [7, 11) is 0. The van der Waals surface area contributed by atoms with E-state index in [0.717, 1.165) is 17.7 Å². The molecule has 0 saturated carbocycles. The van der Waals surface area contributed by atoms with Gasteiger partial charge in [0.2, 0.25) is 0 Å². The van der Waals surface area contributed by atoms with E-state index in [-0.39, 0.29) is 25.1 Å². The number of nitriles is 1. The first-order valence-electron chi connectivity index (χ1n) is 8.64. The lowest BCUT2D eigenvalue weighted by atomic mass is 9.97. The first kappa shape index (κ1) is 22.2. The highest BCUT2D eigenvalue weighted by Gasteiger charge is 2.34. The zero-order valence-corrected chi connectivity index (χ0v) is 15.2. The Balaban J connectivity index is 1.86. The minimum atomic E-state index is -4.77. The summed E-state index contributed by atoms with van der Waals surface area (Å²) in [6.07, 6.45) is -8.67. The van der Waals surface area contributed by atoms with Gasteiger partial charge in [-0.25, -0.2) is 4.79 Å². The van der Waals surface area contributed by atoms with Crippen LogP contribution in [0.15, 0.2) is 48.5 Å². The molecule has 0 spiro atoms. The zero-order valence-electron chi connectivity index (χ0n) is 15.2. The number of hydrogen-bond acceptors (Lipinski definition) is 5. The molecule has 3 N–H and O–H groups in total. The smallest absolute Gasteiger partial charge is 0.417 e. The number of hydrogen-bond donors (Lipinski definition) is 3. The second-order valence-electron chi connectivity index (χ2n) is 6.20. The van der Waals surface area contributed by atoms with E-state index in [0.29, 0.717) is 6.07 Å². The summed E-state index contributed by atoms with van der Waals surface area (Å²) in [5, 5.41) is 31.3. The minimum Gasteiger partial charge on any atom is -0.445 e. The molecule has 0 radical (unpaired) electrons. The average molecular weight is 408 g/mol. The molecule has 0 bridgehead atoms. The molecular weight excluding hydrogens is 389 g/mol. The average Bonchev–Trinajstić information content (AvgIpc) is 2.71. The van der Waals surface area contributed by atoms with Gasteiger partial charge in [0.05, 0.1) is 23.3 Å². The highest BCUT2D eigenvalue weighted by molar-refractivity contribution is 5.67. The lowest BCUT2D eigenvalue weighted by Gasteiger charge is -2.20. The van der Waals surface area contributed by atoms with E-state index in [1.165, 1.54) is 6.07 Å². The Labute approximate surface area is 165 Å². The highest BCUT2D eigenvalue weighted by atomic mass is 19.4. The molecule has 0 heterocycles. The van der Waals surface area contributed by atoms with Gasteiger partial charge in [-0.3, -0.25) is 0 Å². The molecule has 2 rings (SSSR count). The lowest BCUT2D eigenvalue weighted by Crippen LogP contribution is -2.29. The van der Waals surface area contributed by atoms with Crippen molar-refractivity contribution in [2.45, 2.75) is 31.4 Å². The molecule has 29 heavy (non-hydrogen) atoms. The van der Waals surface area contributed by atoms with Crippen LogP contribution in [0, 0.1) is 11.3 Å². The van der Waals surface area contributed by atoms with Gasteiger partial charge in [0, 0.05) is 6.54 Å². The summed E-state index contributed by atoms with van der Waals surface area (Å²) in [5.41, 5.74) is -1.16. The van der Waals surface area contributed by atoms with Crippen molar-refractivity contribution in [1.82, 2.24) is 5.32 Å². The van der Waals surface area contributed by atoms with Crippen molar-refractivity contribution >= 4 is 6.09 Å². The molecule has 0 aliphatic carbocycles. The van der Waals surface area contributed by atoms with Crippen LogP contribution in [0.25, 0.3) is 0 Å². The first-order valence-corrected chi connectivity index (χ1v) is 8.64. The fourth-order valence-corrected chi connectivity index (χ4v) is 2.55. The Morgan fingerprint density at radius 1 is 1.17 bits per heavy atom. The molecule has 2 aromatic carbocycles. The standard InChI is InChI=1S/C20H19F3N2O4/c21-20(22,23)16-10-14(6-7-15(16)11-24)18(27)17(26)8-9-25-19(28)29-12-13-4-2-1-3-5-13/h1-7,10,17-18,26-27H,8-9,12H2,(H,25,28). The summed E-state index contributed by atoms with van der Waals surface area (Å²) in [6.45, 7) is -0.00241. The fraction of sp³-hybridized carbons (Fsp3) is 0.300. The monoisotopic (exact) mass is 408 g/mol. The van der Waals surface area contributed by atoms with Crippen molar-refractivity contribution in [3.63, 3.8) is 0 Å². The number of aliphatic hydroxyl groups is 2. The molecule has 1 amide bonds. The fourth-order valence-electron chi connectivity index (χ4n) is 2.55. The summed E-state index contributed by atoms with van der Waals surface area (Å²) in [6, 6.07) is 13.1. The number of nitrogens with one attached hydrogen (secondary N) is 1. The molecule has 2 unspecified atom stereocenters. The van der Waals surface area contributed by atoms with Crippen LogP contribution < -0.4 is 5.32 Å². The van der Waals surface area contributed by atoms with Gasteiger partial charge in [-0.1, -0.05) is 36.4 Å². The Hall–Kier alpha value is -3.09. The van der Waals surface area contributed by atoms with Gasteiger partial charge in [-0.05, 0) is 29.7 Å². The number of rotatable bonds is 7. The number of halogens is 3. The lowest BCUT2D eigenvalue weighted by molar-refractivity contribution is -0.137. The first-order chi connectivity index (χ1) is 13.7. The van der Waals surface area contributed by atoms with Gasteiger partial charge in [-0.15, -0.1) is 0 Å². The Morgan fingerprint density at radius 2 is 1.86 bits per heavy atom. The number of aliphatic hydroxyl groups excluding tert-OH is 2. The number of alkyl halides is 3. The molecule has 9 heteroatoms. The molecule has 0 fully saturated rings. The van der Waals surface area contributed by atoms with Crippen LogP contribution in [0.3, 0.4) is 0 Å². The van der Waals surface area contributed by atoms with E-state index in [9.17, 15) is 28.2 Å². The van der Waals surface area contributed by atoms with E-state index in [1.807, 2.05) is 6.07 Å². The van der Waals surface area contributed by atoms with Crippen LogP contribution in [-0.4, -0.2) is 29.0 Å². The summed E-state index contributed by atoms with van der Waals surface area (Å²) in [5.74, 6) is 0.